The van der Waals surface area contributed by atoms with Crippen LogP contribution in [0.2, 0.25) is 10.0 Å². The third kappa shape index (κ3) is 2.98. The fraction of sp³-hybridized carbons (Fsp3) is 0.176. The first-order valence-corrected chi connectivity index (χ1v) is 7.78. The standard InChI is InChI=1S/C17H14Cl2N2O2/c1-11-10-17(23,13-4-8-15(19)9-5-13)21(20-11)16(22)12-2-6-14(18)7-3-12/h2-9,23H,10H2,1H3/t17-/m1/s1. The maximum Gasteiger partial charge on any atom is 0.276 e. The fourth-order valence-electron chi connectivity index (χ4n) is 2.59. The van der Waals surface area contributed by atoms with Gasteiger partial charge in [0.1, 0.15) is 0 Å². The molecular weight excluding hydrogens is 335 g/mol. The summed E-state index contributed by atoms with van der Waals surface area (Å²) < 4.78 is 0. The lowest BCUT2D eigenvalue weighted by Crippen LogP contribution is -2.43. The molecule has 0 unspecified atom stereocenters. The van der Waals surface area contributed by atoms with Crippen molar-refractivity contribution in [2.24, 2.45) is 5.10 Å². The minimum Gasteiger partial charge on any atom is -0.365 e. The van der Waals surface area contributed by atoms with Crippen molar-refractivity contribution in [2.45, 2.75) is 19.1 Å². The molecule has 1 atom stereocenters. The van der Waals surface area contributed by atoms with Gasteiger partial charge in [0.25, 0.3) is 5.91 Å². The van der Waals surface area contributed by atoms with E-state index in [1.807, 2.05) is 0 Å². The number of benzene rings is 2. The molecule has 0 aliphatic carbocycles. The molecule has 4 nitrogen and oxygen atoms in total. The monoisotopic (exact) mass is 348 g/mol. The average molecular weight is 349 g/mol. The van der Waals surface area contributed by atoms with Crippen molar-refractivity contribution in [2.75, 3.05) is 0 Å². The van der Waals surface area contributed by atoms with Crippen LogP contribution in [0.3, 0.4) is 0 Å². The van der Waals surface area contributed by atoms with Gasteiger partial charge in [-0.2, -0.15) is 10.1 Å². The summed E-state index contributed by atoms with van der Waals surface area (Å²) in [6, 6.07) is 13.2. The van der Waals surface area contributed by atoms with Crippen LogP contribution in [0.25, 0.3) is 0 Å². The van der Waals surface area contributed by atoms with E-state index in [0.29, 0.717) is 26.9 Å². The summed E-state index contributed by atoms with van der Waals surface area (Å²) in [4.78, 5) is 12.7. The molecule has 6 heteroatoms. The first kappa shape index (κ1) is 16.0. The van der Waals surface area contributed by atoms with Crippen LogP contribution >= 0.6 is 23.2 Å². The van der Waals surface area contributed by atoms with E-state index in [0.717, 1.165) is 5.01 Å². The summed E-state index contributed by atoms with van der Waals surface area (Å²) in [5, 5.41) is 17.5. The molecule has 1 aliphatic rings. The number of hydrogen-bond acceptors (Lipinski definition) is 3. The molecule has 0 aromatic heterocycles. The van der Waals surface area contributed by atoms with Crippen molar-refractivity contribution >= 4 is 34.8 Å². The molecule has 118 valence electrons. The lowest BCUT2D eigenvalue weighted by Gasteiger charge is -2.31. The van der Waals surface area contributed by atoms with Gasteiger partial charge in [-0.05, 0) is 43.3 Å². The second-order valence-corrected chi connectivity index (χ2v) is 6.33. The highest BCUT2D eigenvalue weighted by atomic mass is 35.5. The van der Waals surface area contributed by atoms with E-state index in [1.54, 1.807) is 55.5 Å². The molecule has 0 bridgehead atoms. The maximum atomic E-state index is 12.7. The Labute approximate surface area is 143 Å². The minimum absolute atomic E-state index is 0.244. The first-order valence-electron chi connectivity index (χ1n) is 7.03. The summed E-state index contributed by atoms with van der Waals surface area (Å²) in [5.41, 5.74) is 0.112. The molecule has 1 heterocycles. The molecule has 23 heavy (non-hydrogen) atoms. The molecule has 0 saturated heterocycles. The van der Waals surface area contributed by atoms with Gasteiger partial charge >= 0.3 is 0 Å². The Morgan fingerprint density at radius 3 is 2.17 bits per heavy atom. The summed E-state index contributed by atoms with van der Waals surface area (Å²) in [7, 11) is 0. The fourth-order valence-corrected chi connectivity index (χ4v) is 2.84. The zero-order chi connectivity index (χ0) is 16.6. The van der Waals surface area contributed by atoms with Crippen molar-refractivity contribution in [3.63, 3.8) is 0 Å². The van der Waals surface area contributed by atoms with Gasteiger partial charge in [-0.1, -0.05) is 35.3 Å². The van der Waals surface area contributed by atoms with E-state index in [-0.39, 0.29) is 6.42 Å². The Balaban J connectivity index is 1.99. The zero-order valence-electron chi connectivity index (χ0n) is 12.3. The molecule has 0 fully saturated rings. The highest BCUT2D eigenvalue weighted by Crippen LogP contribution is 2.36. The van der Waals surface area contributed by atoms with Gasteiger partial charge in [0, 0.05) is 33.3 Å². The Kier molecular flexibility index (Phi) is 4.15. The average Bonchev–Trinajstić information content (AvgIpc) is 2.84. The molecular formula is C17H14Cl2N2O2. The van der Waals surface area contributed by atoms with Crippen LogP contribution in [0, 0.1) is 0 Å². The third-order valence-corrected chi connectivity index (χ3v) is 4.22. The predicted octanol–water partition coefficient (Wildman–Crippen LogP) is 4.06. The van der Waals surface area contributed by atoms with Crippen molar-refractivity contribution in [3.05, 3.63) is 69.7 Å². The molecule has 1 aliphatic heterocycles. The number of aliphatic hydroxyl groups is 1. The lowest BCUT2D eigenvalue weighted by atomic mass is 9.97. The molecule has 0 radical (unpaired) electrons. The smallest absolute Gasteiger partial charge is 0.276 e. The number of halogens is 2. The van der Waals surface area contributed by atoms with Crippen molar-refractivity contribution in [1.29, 1.82) is 0 Å². The van der Waals surface area contributed by atoms with Gasteiger partial charge in [0.05, 0.1) is 0 Å². The van der Waals surface area contributed by atoms with E-state index in [1.165, 1.54) is 0 Å². The van der Waals surface area contributed by atoms with Crippen LogP contribution in [0.1, 0.15) is 29.3 Å². The Morgan fingerprint density at radius 2 is 1.61 bits per heavy atom. The number of amides is 1. The molecule has 0 saturated carbocycles. The Hall–Kier alpha value is -1.88. The first-order chi connectivity index (χ1) is 10.9. The second kappa shape index (κ2) is 5.96. The van der Waals surface area contributed by atoms with Crippen LogP contribution in [0.5, 0.6) is 0 Å². The van der Waals surface area contributed by atoms with Gasteiger partial charge < -0.3 is 5.11 Å². The maximum absolute atomic E-state index is 12.7. The molecule has 1 amide bonds. The Bertz CT molecular complexity index is 772. The number of carbonyl (C=O) groups excluding carboxylic acids is 1. The van der Waals surface area contributed by atoms with E-state index < -0.39 is 11.6 Å². The topological polar surface area (TPSA) is 52.9 Å². The Morgan fingerprint density at radius 1 is 1.09 bits per heavy atom. The van der Waals surface area contributed by atoms with Gasteiger partial charge in [-0.15, -0.1) is 0 Å². The van der Waals surface area contributed by atoms with Gasteiger partial charge in [0.15, 0.2) is 5.72 Å². The minimum atomic E-state index is -1.52. The van der Waals surface area contributed by atoms with Crippen molar-refractivity contribution in [3.8, 4) is 0 Å². The zero-order valence-corrected chi connectivity index (χ0v) is 13.8. The number of rotatable bonds is 2. The predicted molar refractivity (Wildman–Crippen MR) is 90.7 cm³/mol. The largest absolute Gasteiger partial charge is 0.365 e. The van der Waals surface area contributed by atoms with Gasteiger partial charge in [-0.3, -0.25) is 4.79 Å². The van der Waals surface area contributed by atoms with Crippen LogP contribution in [-0.2, 0) is 5.72 Å². The molecule has 1 N–H and O–H groups in total. The van der Waals surface area contributed by atoms with Gasteiger partial charge in [0.2, 0.25) is 0 Å². The van der Waals surface area contributed by atoms with E-state index >= 15 is 0 Å². The van der Waals surface area contributed by atoms with Crippen molar-refractivity contribution < 1.29 is 9.90 Å². The van der Waals surface area contributed by atoms with Crippen LogP contribution < -0.4 is 0 Å². The number of hydrogen-bond donors (Lipinski definition) is 1. The summed E-state index contributed by atoms with van der Waals surface area (Å²) in [6.45, 7) is 1.77. The third-order valence-electron chi connectivity index (χ3n) is 3.71. The lowest BCUT2D eigenvalue weighted by molar-refractivity contribution is -0.0765. The van der Waals surface area contributed by atoms with E-state index in [9.17, 15) is 9.90 Å². The SMILES string of the molecule is CC1=NN(C(=O)c2ccc(Cl)cc2)[C@](O)(c2ccc(Cl)cc2)C1. The quantitative estimate of drug-likeness (QED) is 0.889. The van der Waals surface area contributed by atoms with Crippen LogP contribution in [-0.4, -0.2) is 21.7 Å². The summed E-state index contributed by atoms with van der Waals surface area (Å²) in [5.74, 6) is -0.393. The van der Waals surface area contributed by atoms with E-state index in [2.05, 4.69) is 5.10 Å². The number of carbonyl (C=O) groups is 1. The van der Waals surface area contributed by atoms with Gasteiger partial charge in [-0.25, -0.2) is 0 Å². The highest BCUT2D eigenvalue weighted by molar-refractivity contribution is 6.30. The second-order valence-electron chi connectivity index (χ2n) is 5.46. The molecule has 2 aromatic carbocycles. The molecule has 2 aromatic rings. The summed E-state index contributed by atoms with van der Waals surface area (Å²) in [6.07, 6.45) is 0.244. The van der Waals surface area contributed by atoms with Crippen LogP contribution in [0.4, 0.5) is 0 Å². The molecule has 3 rings (SSSR count). The molecule has 0 spiro atoms. The van der Waals surface area contributed by atoms with Crippen molar-refractivity contribution in [1.82, 2.24) is 5.01 Å². The summed E-state index contributed by atoms with van der Waals surface area (Å²) >= 11 is 11.8. The highest BCUT2D eigenvalue weighted by Gasteiger charge is 2.45. The normalized spacial score (nSPS) is 20.5. The van der Waals surface area contributed by atoms with E-state index in [4.69, 9.17) is 23.2 Å². The van der Waals surface area contributed by atoms with Crippen LogP contribution in [0.15, 0.2) is 53.6 Å². The number of hydrazone groups is 1. The number of nitrogens with zero attached hydrogens (tertiary/aromatic N) is 2.